The molecular weight excluding hydrogens is 396 g/mol. The zero-order valence-corrected chi connectivity index (χ0v) is 22.0. The van der Waals surface area contributed by atoms with E-state index in [4.69, 9.17) is 4.74 Å². The van der Waals surface area contributed by atoms with Crippen LogP contribution >= 0.6 is 0 Å². The summed E-state index contributed by atoms with van der Waals surface area (Å²) in [7, 11) is 0. The van der Waals surface area contributed by atoms with Crippen molar-refractivity contribution in [3.63, 3.8) is 0 Å². The lowest BCUT2D eigenvalue weighted by molar-refractivity contribution is -0.175. The molecule has 0 saturated carbocycles. The Balaban J connectivity index is 1.82. The van der Waals surface area contributed by atoms with E-state index in [0.717, 1.165) is 70.6 Å². The second-order valence-electron chi connectivity index (χ2n) is 11.3. The molecule has 2 N–H and O–H groups in total. The molecule has 3 heteroatoms. The van der Waals surface area contributed by atoms with Crippen LogP contribution in [0.1, 0.15) is 119 Å². The second kappa shape index (κ2) is 11.5. The summed E-state index contributed by atoms with van der Waals surface area (Å²) in [5.41, 5.74) is 3.52. The fraction of sp³-hybridized carbons (Fsp3) is 0.793. The molecule has 32 heavy (non-hydrogen) atoms. The highest BCUT2D eigenvalue weighted by molar-refractivity contribution is 5.36. The smallest absolute Gasteiger partial charge is 0.0961 e. The largest absolute Gasteiger partial charge is 0.393 e. The molecule has 0 amide bonds. The molecule has 5 unspecified atom stereocenters. The van der Waals surface area contributed by atoms with Crippen molar-refractivity contribution in [2.75, 3.05) is 0 Å². The Kier molecular flexibility index (Phi) is 9.82. The molecule has 0 aromatic heterocycles. The molecule has 184 valence electrons. The van der Waals surface area contributed by atoms with Crippen LogP contribution in [0.4, 0.5) is 0 Å². The van der Waals surface area contributed by atoms with Gasteiger partial charge in [0.25, 0.3) is 0 Å². The maximum atomic E-state index is 10.6. The van der Waals surface area contributed by atoms with Gasteiger partial charge in [0.1, 0.15) is 0 Å². The van der Waals surface area contributed by atoms with E-state index in [1.165, 1.54) is 16.7 Å². The molecule has 1 aliphatic carbocycles. The lowest BCUT2D eigenvalue weighted by Crippen LogP contribution is -2.53. The zero-order valence-electron chi connectivity index (χ0n) is 22.0. The van der Waals surface area contributed by atoms with Crippen LogP contribution in [-0.2, 0) is 4.74 Å². The van der Waals surface area contributed by atoms with Gasteiger partial charge in [-0.2, -0.15) is 0 Å². The second-order valence-corrected chi connectivity index (χ2v) is 11.3. The molecule has 0 radical (unpaired) electrons. The standard InChI is InChI=1S/C29H50O3/c1-8-29-25(5)23(3)15-16-26(29)17-21-28(7,32-29)20-10-13-22(2)12-9-18-27(6,31)19-11-14-24(4)30/h13,15-16,24-25,30-31H,8-12,14,17-21H2,1-7H3/b22-13+. The molecular formula is C29H50O3. The zero-order chi connectivity index (χ0) is 24.0. The third kappa shape index (κ3) is 7.30. The average molecular weight is 447 g/mol. The normalized spacial score (nSPS) is 31.4. The van der Waals surface area contributed by atoms with Crippen molar-refractivity contribution in [2.24, 2.45) is 5.92 Å². The molecule has 1 fully saturated rings. The van der Waals surface area contributed by atoms with Crippen molar-refractivity contribution in [1.29, 1.82) is 0 Å². The van der Waals surface area contributed by atoms with Gasteiger partial charge in [-0.15, -0.1) is 0 Å². The van der Waals surface area contributed by atoms with Crippen LogP contribution in [-0.4, -0.2) is 33.1 Å². The van der Waals surface area contributed by atoms with Crippen LogP contribution in [0.25, 0.3) is 0 Å². The lowest BCUT2D eigenvalue weighted by Gasteiger charge is -2.53. The van der Waals surface area contributed by atoms with Crippen molar-refractivity contribution in [2.45, 2.75) is 142 Å². The van der Waals surface area contributed by atoms with Crippen molar-refractivity contribution < 1.29 is 14.9 Å². The number of allylic oxidation sites excluding steroid dienone is 4. The van der Waals surface area contributed by atoms with Gasteiger partial charge in [0, 0.05) is 5.92 Å². The summed E-state index contributed by atoms with van der Waals surface area (Å²) in [5.74, 6) is 0.442. The van der Waals surface area contributed by atoms with Gasteiger partial charge in [-0.3, -0.25) is 0 Å². The minimum atomic E-state index is -0.623. The van der Waals surface area contributed by atoms with Gasteiger partial charge in [0.15, 0.2) is 0 Å². The maximum absolute atomic E-state index is 10.6. The van der Waals surface area contributed by atoms with Crippen LogP contribution in [0.3, 0.4) is 0 Å². The molecule has 0 bridgehead atoms. The Labute approximate surface area is 198 Å². The number of hydrogen-bond donors (Lipinski definition) is 2. The topological polar surface area (TPSA) is 49.7 Å². The van der Waals surface area contributed by atoms with Gasteiger partial charge >= 0.3 is 0 Å². The van der Waals surface area contributed by atoms with Gasteiger partial charge in [0.2, 0.25) is 0 Å². The van der Waals surface area contributed by atoms with E-state index in [2.05, 4.69) is 52.8 Å². The Morgan fingerprint density at radius 1 is 1.31 bits per heavy atom. The third-order valence-corrected chi connectivity index (χ3v) is 8.14. The van der Waals surface area contributed by atoms with Crippen molar-refractivity contribution in [3.8, 4) is 0 Å². The Bertz CT molecular complexity index is 699. The number of ether oxygens (including phenoxy) is 1. The first kappa shape index (κ1) is 27.3. The van der Waals surface area contributed by atoms with Crippen LogP contribution in [0.2, 0.25) is 0 Å². The van der Waals surface area contributed by atoms with Crippen LogP contribution in [0.5, 0.6) is 0 Å². The first-order valence-electron chi connectivity index (χ1n) is 13.1. The minimum Gasteiger partial charge on any atom is -0.393 e. The number of aliphatic hydroxyl groups excluding tert-OH is 1. The first-order chi connectivity index (χ1) is 14.9. The van der Waals surface area contributed by atoms with Crippen LogP contribution in [0, 0.1) is 5.92 Å². The van der Waals surface area contributed by atoms with E-state index < -0.39 is 5.60 Å². The molecule has 0 aromatic carbocycles. The summed E-state index contributed by atoms with van der Waals surface area (Å²) >= 11 is 0. The van der Waals surface area contributed by atoms with E-state index in [-0.39, 0.29) is 17.3 Å². The van der Waals surface area contributed by atoms with Gasteiger partial charge in [0.05, 0.1) is 22.9 Å². The van der Waals surface area contributed by atoms with Crippen molar-refractivity contribution in [1.82, 2.24) is 0 Å². The van der Waals surface area contributed by atoms with Crippen molar-refractivity contribution >= 4 is 0 Å². The molecule has 1 aliphatic heterocycles. The maximum Gasteiger partial charge on any atom is 0.0961 e. The monoisotopic (exact) mass is 446 g/mol. The highest BCUT2D eigenvalue weighted by atomic mass is 16.5. The first-order valence-corrected chi connectivity index (χ1v) is 13.1. The number of hydrogen-bond acceptors (Lipinski definition) is 3. The van der Waals surface area contributed by atoms with Gasteiger partial charge in [-0.1, -0.05) is 43.2 Å². The van der Waals surface area contributed by atoms with E-state index in [1.54, 1.807) is 0 Å². The van der Waals surface area contributed by atoms with E-state index in [9.17, 15) is 10.2 Å². The summed E-state index contributed by atoms with van der Waals surface area (Å²) in [4.78, 5) is 0. The Hall–Kier alpha value is -0.900. The molecule has 5 atom stereocenters. The molecule has 1 heterocycles. The molecule has 3 nitrogen and oxygen atoms in total. The summed E-state index contributed by atoms with van der Waals surface area (Å²) in [5, 5.41) is 20.0. The summed E-state index contributed by atoms with van der Waals surface area (Å²) < 4.78 is 6.97. The lowest BCUT2D eigenvalue weighted by atomic mass is 9.68. The summed E-state index contributed by atoms with van der Waals surface area (Å²) in [6, 6.07) is 0. The summed E-state index contributed by atoms with van der Waals surface area (Å²) in [6.07, 6.45) is 17.4. The minimum absolute atomic E-state index is 0.0659. The highest BCUT2D eigenvalue weighted by Gasteiger charge is 2.49. The fourth-order valence-corrected chi connectivity index (χ4v) is 5.66. The fourth-order valence-electron chi connectivity index (χ4n) is 5.66. The summed E-state index contributed by atoms with van der Waals surface area (Å²) in [6.45, 7) is 15.1. The van der Waals surface area contributed by atoms with Crippen LogP contribution in [0.15, 0.2) is 34.9 Å². The quantitative estimate of drug-likeness (QED) is 0.307. The molecule has 2 rings (SSSR count). The molecule has 0 spiro atoms. The van der Waals surface area contributed by atoms with Gasteiger partial charge in [-0.05, 0) is 111 Å². The van der Waals surface area contributed by atoms with E-state index in [0.29, 0.717) is 5.92 Å². The number of aliphatic hydroxyl groups is 2. The van der Waals surface area contributed by atoms with Crippen molar-refractivity contribution in [3.05, 3.63) is 34.9 Å². The molecule has 2 aliphatic rings. The SMILES string of the molecule is CCC12OC(C)(CC/C=C(\C)CCCC(C)(O)CCCC(C)O)CCC1=CC=C(C)C2C. The Morgan fingerprint density at radius 2 is 2.00 bits per heavy atom. The molecule has 0 aromatic rings. The predicted molar refractivity (Wildman–Crippen MR) is 136 cm³/mol. The van der Waals surface area contributed by atoms with E-state index >= 15 is 0 Å². The highest BCUT2D eigenvalue weighted by Crippen LogP contribution is 2.50. The Morgan fingerprint density at radius 3 is 2.66 bits per heavy atom. The van der Waals surface area contributed by atoms with E-state index in [1.807, 2.05) is 13.8 Å². The average Bonchev–Trinajstić information content (AvgIpc) is 2.70. The molecule has 1 saturated heterocycles. The third-order valence-electron chi connectivity index (χ3n) is 8.14. The van der Waals surface area contributed by atoms with Crippen LogP contribution < -0.4 is 0 Å². The predicted octanol–water partition coefficient (Wildman–Crippen LogP) is 7.43. The van der Waals surface area contributed by atoms with Gasteiger partial charge in [-0.25, -0.2) is 0 Å². The number of fused-ring (bicyclic) bond motifs is 1. The van der Waals surface area contributed by atoms with Gasteiger partial charge < -0.3 is 14.9 Å². The number of rotatable bonds is 12.